The molecule has 1 aromatic heterocycles. The minimum absolute atomic E-state index is 0.0598. The molecule has 0 aliphatic carbocycles. The summed E-state index contributed by atoms with van der Waals surface area (Å²) in [6.45, 7) is 2.41. The van der Waals surface area contributed by atoms with E-state index < -0.39 is 0 Å². The minimum atomic E-state index is -0.361. The second kappa shape index (κ2) is 5.94. The first kappa shape index (κ1) is 13.0. The lowest BCUT2D eigenvalue weighted by Crippen LogP contribution is -2.19. The first-order valence-corrected chi connectivity index (χ1v) is 6.13. The number of nitrogens with one attached hydrogen (secondary N) is 1. The molecule has 1 heterocycles. The zero-order chi connectivity index (χ0) is 13.0. The van der Waals surface area contributed by atoms with Gasteiger partial charge >= 0.3 is 0 Å². The van der Waals surface area contributed by atoms with Crippen molar-refractivity contribution >= 4 is 11.6 Å². The Hall–Kier alpha value is -1.45. The number of hydrogen-bond donors (Lipinski definition) is 1. The summed E-state index contributed by atoms with van der Waals surface area (Å²) < 4.78 is 13.7. The van der Waals surface area contributed by atoms with E-state index in [-0.39, 0.29) is 16.9 Å². The van der Waals surface area contributed by atoms with E-state index in [9.17, 15) is 4.39 Å². The molecule has 0 aliphatic heterocycles. The molecule has 0 fully saturated rings. The summed E-state index contributed by atoms with van der Waals surface area (Å²) in [4.78, 5) is 4.25. The largest absolute Gasteiger partial charge is 0.305 e. The SMILES string of the molecule is C[C@@H](NCc1cccc(Cl)c1F)c1ccccn1. The molecule has 0 unspecified atom stereocenters. The summed E-state index contributed by atoms with van der Waals surface area (Å²) in [5.41, 5.74) is 1.49. The molecule has 0 bridgehead atoms. The summed E-state index contributed by atoms with van der Waals surface area (Å²) >= 11 is 5.73. The van der Waals surface area contributed by atoms with E-state index in [0.29, 0.717) is 12.1 Å². The predicted octanol–water partition coefficient (Wildman–Crippen LogP) is 3.72. The van der Waals surface area contributed by atoms with Gasteiger partial charge in [0.2, 0.25) is 0 Å². The van der Waals surface area contributed by atoms with E-state index in [0.717, 1.165) is 5.69 Å². The number of pyridine rings is 1. The average molecular weight is 265 g/mol. The third-order valence-electron chi connectivity index (χ3n) is 2.76. The van der Waals surface area contributed by atoms with Crippen molar-refractivity contribution in [2.45, 2.75) is 19.5 Å². The molecular weight excluding hydrogens is 251 g/mol. The maximum Gasteiger partial charge on any atom is 0.146 e. The topological polar surface area (TPSA) is 24.9 Å². The molecule has 18 heavy (non-hydrogen) atoms. The monoisotopic (exact) mass is 264 g/mol. The van der Waals surface area contributed by atoms with Gasteiger partial charge in [0, 0.05) is 24.3 Å². The van der Waals surface area contributed by atoms with Crippen LogP contribution in [0.1, 0.15) is 24.2 Å². The van der Waals surface area contributed by atoms with E-state index in [1.807, 2.05) is 25.1 Å². The predicted molar refractivity (Wildman–Crippen MR) is 70.9 cm³/mol. The van der Waals surface area contributed by atoms with E-state index in [1.165, 1.54) is 0 Å². The van der Waals surface area contributed by atoms with Crippen LogP contribution in [0.4, 0.5) is 4.39 Å². The van der Waals surface area contributed by atoms with Crippen molar-refractivity contribution < 1.29 is 4.39 Å². The van der Waals surface area contributed by atoms with Gasteiger partial charge in [-0.2, -0.15) is 0 Å². The van der Waals surface area contributed by atoms with Gasteiger partial charge in [0.05, 0.1) is 10.7 Å². The van der Waals surface area contributed by atoms with Crippen LogP contribution in [0.15, 0.2) is 42.6 Å². The van der Waals surface area contributed by atoms with E-state index in [1.54, 1.807) is 24.4 Å². The van der Waals surface area contributed by atoms with Crippen molar-refractivity contribution in [3.05, 3.63) is 64.7 Å². The van der Waals surface area contributed by atoms with Crippen molar-refractivity contribution in [1.82, 2.24) is 10.3 Å². The Bertz CT molecular complexity index is 516. The summed E-state index contributed by atoms with van der Waals surface area (Å²) in [6, 6.07) is 10.8. The highest BCUT2D eigenvalue weighted by atomic mass is 35.5. The van der Waals surface area contributed by atoms with E-state index in [2.05, 4.69) is 10.3 Å². The maximum absolute atomic E-state index is 13.7. The lowest BCUT2D eigenvalue weighted by atomic mass is 10.1. The number of aromatic nitrogens is 1. The Labute approximate surface area is 111 Å². The highest BCUT2D eigenvalue weighted by molar-refractivity contribution is 6.30. The van der Waals surface area contributed by atoms with Crippen LogP contribution in [0.5, 0.6) is 0 Å². The molecule has 2 rings (SSSR count). The normalized spacial score (nSPS) is 12.4. The van der Waals surface area contributed by atoms with Gasteiger partial charge in [-0.15, -0.1) is 0 Å². The molecule has 1 N–H and O–H groups in total. The molecule has 2 aromatic rings. The van der Waals surface area contributed by atoms with Gasteiger partial charge in [-0.25, -0.2) is 4.39 Å². The summed E-state index contributed by atoms with van der Waals surface area (Å²) in [5, 5.41) is 3.37. The molecule has 1 aromatic carbocycles. The van der Waals surface area contributed by atoms with Crippen molar-refractivity contribution in [2.24, 2.45) is 0 Å². The fourth-order valence-corrected chi connectivity index (χ4v) is 1.88. The summed E-state index contributed by atoms with van der Waals surface area (Å²) in [6.07, 6.45) is 1.74. The van der Waals surface area contributed by atoms with Gasteiger partial charge in [0.25, 0.3) is 0 Å². The van der Waals surface area contributed by atoms with Crippen LogP contribution in [0.2, 0.25) is 5.02 Å². The van der Waals surface area contributed by atoms with Crippen LogP contribution >= 0.6 is 11.6 Å². The van der Waals surface area contributed by atoms with Gasteiger partial charge < -0.3 is 5.32 Å². The smallest absolute Gasteiger partial charge is 0.146 e. The molecule has 0 saturated heterocycles. The minimum Gasteiger partial charge on any atom is -0.305 e. The average Bonchev–Trinajstić information content (AvgIpc) is 2.41. The van der Waals surface area contributed by atoms with Crippen molar-refractivity contribution in [3.63, 3.8) is 0 Å². The zero-order valence-corrected chi connectivity index (χ0v) is 10.8. The van der Waals surface area contributed by atoms with Gasteiger partial charge in [0.15, 0.2) is 0 Å². The van der Waals surface area contributed by atoms with Crippen molar-refractivity contribution in [3.8, 4) is 0 Å². The van der Waals surface area contributed by atoms with Crippen LogP contribution in [-0.2, 0) is 6.54 Å². The van der Waals surface area contributed by atoms with Gasteiger partial charge in [0.1, 0.15) is 5.82 Å². The van der Waals surface area contributed by atoms with Gasteiger partial charge in [-0.05, 0) is 25.1 Å². The molecule has 0 spiro atoms. The Morgan fingerprint density at radius 3 is 2.83 bits per heavy atom. The number of benzene rings is 1. The van der Waals surface area contributed by atoms with E-state index >= 15 is 0 Å². The number of halogens is 2. The molecule has 0 aliphatic rings. The summed E-state index contributed by atoms with van der Waals surface area (Å²) in [5.74, 6) is -0.361. The first-order valence-electron chi connectivity index (χ1n) is 5.75. The molecular formula is C14H14ClFN2. The quantitative estimate of drug-likeness (QED) is 0.910. The highest BCUT2D eigenvalue weighted by Gasteiger charge is 2.09. The number of rotatable bonds is 4. The zero-order valence-electron chi connectivity index (χ0n) is 10.0. The van der Waals surface area contributed by atoms with Crippen LogP contribution in [0.3, 0.4) is 0 Å². The van der Waals surface area contributed by atoms with Crippen LogP contribution in [0.25, 0.3) is 0 Å². The molecule has 2 nitrogen and oxygen atoms in total. The standard InChI is InChI=1S/C14H14ClFN2/c1-10(13-7-2-3-8-17-13)18-9-11-5-4-6-12(15)14(11)16/h2-8,10,18H,9H2,1H3/t10-/m1/s1. The first-order chi connectivity index (χ1) is 8.68. The van der Waals surface area contributed by atoms with Crippen LogP contribution in [0, 0.1) is 5.82 Å². The molecule has 0 amide bonds. The Kier molecular flexibility index (Phi) is 4.28. The number of nitrogens with zero attached hydrogens (tertiary/aromatic N) is 1. The lowest BCUT2D eigenvalue weighted by Gasteiger charge is -2.13. The molecule has 1 atom stereocenters. The Morgan fingerprint density at radius 1 is 1.28 bits per heavy atom. The van der Waals surface area contributed by atoms with E-state index in [4.69, 9.17) is 11.6 Å². The lowest BCUT2D eigenvalue weighted by molar-refractivity contribution is 0.536. The third-order valence-corrected chi connectivity index (χ3v) is 3.05. The highest BCUT2D eigenvalue weighted by Crippen LogP contribution is 2.18. The van der Waals surface area contributed by atoms with Crippen LogP contribution in [-0.4, -0.2) is 4.98 Å². The maximum atomic E-state index is 13.7. The fourth-order valence-electron chi connectivity index (χ4n) is 1.68. The van der Waals surface area contributed by atoms with Crippen molar-refractivity contribution in [1.29, 1.82) is 0 Å². The second-order valence-corrected chi connectivity index (χ2v) is 4.48. The second-order valence-electron chi connectivity index (χ2n) is 4.07. The third kappa shape index (κ3) is 3.06. The summed E-state index contributed by atoms with van der Waals surface area (Å²) in [7, 11) is 0. The van der Waals surface area contributed by atoms with Gasteiger partial charge in [-0.1, -0.05) is 29.8 Å². The molecule has 0 saturated carbocycles. The Morgan fingerprint density at radius 2 is 2.11 bits per heavy atom. The molecule has 0 radical (unpaired) electrons. The van der Waals surface area contributed by atoms with Crippen molar-refractivity contribution in [2.75, 3.05) is 0 Å². The number of hydrogen-bond acceptors (Lipinski definition) is 2. The van der Waals surface area contributed by atoms with Gasteiger partial charge in [-0.3, -0.25) is 4.98 Å². The Balaban J connectivity index is 2.02. The van der Waals surface area contributed by atoms with Crippen LogP contribution < -0.4 is 5.32 Å². The molecule has 4 heteroatoms. The fraction of sp³-hybridized carbons (Fsp3) is 0.214. The molecule has 94 valence electrons.